The van der Waals surface area contributed by atoms with Crippen LogP contribution in [0.1, 0.15) is 36.1 Å². The molecule has 0 saturated carbocycles. The largest absolute Gasteiger partial charge is 0.336 e. The number of amides is 1. The molecule has 0 aliphatic carbocycles. The molecule has 0 unspecified atom stereocenters. The molecular weight excluding hydrogens is 669 g/mol. The van der Waals surface area contributed by atoms with Crippen LogP contribution in [0, 0.1) is 5.82 Å². The minimum atomic E-state index is -3.46. The van der Waals surface area contributed by atoms with Gasteiger partial charge in [0, 0.05) is 43.7 Å². The van der Waals surface area contributed by atoms with Gasteiger partial charge in [-0.1, -0.05) is 86.3 Å². The number of carbonyl (C=O) groups is 1. The Kier molecular flexibility index (Phi) is 14.1. The van der Waals surface area contributed by atoms with Crippen LogP contribution in [0.3, 0.4) is 0 Å². The molecule has 49 heavy (non-hydrogen) atoms. The summed E-state index contributed by atoms with van der Waals surface area (Å²) < 4.78 is 53.7. The standard InChI is InChI=1S/C36H43F2N5O4S2/c1-4-41(5-2)20-21-42(23-28-8-14-31(15-9-28)30-12-6-27(22-37)7-13-30)34(44)25-43-24-32(18-19-39-49(3,46)47)35(45)40-36(43)48-26-29-10-16-33(38)17-11-29/h6-17,24,39H,4-5,18-23,25-26H2,1-3H3. The zero-order chi connectivity index (χ0) is 35.4. The van der Waals surface area contributed by atoms with E-state index >= 15 is 0 Å². The molecule has 0 aliphatic heterocycles. The zero-order valence-corrected chi connectivity index (χ0v) is 29.7. The highest BCUT2D eigenvalue weighted by Crippen LogP contribution is 2.23. The lowest BCUT2D eigenvalue weighted by atomic mass is 10.0. The first-order chi connectivity index (χ1) is 23.5. The van der Waals surface area contributed by atoms with Gasteiger partial charge in [-0.3, -0.25) is 9.59 Å². The number of sulfonamides is 1. The summed E-state index contributed by atoms with van der Waals surface area (Å²) in [6, 6.07) is 21.3. The highest BCUT2D eigenvalue weighted by molar-refractivity contribution is 7.98. The average molecular weight is 712 g/mol. The Hall–Kier alpha value is -3.91. The summed E-state index contributed by atoms with van der Waals surface area (Å²) in [6.45, 7) is 6.75. The van der Waals surface area contributed by atoms with Crippen LogP contribution in [0.4, 0.5) is 8.78 Å². The molecule has 0 radical (unpaired) electrons. The first-order valence-corrected chi connectivity index (χ1v) is 19.0. The fourth-order valence-electron chi connectivity index (χ4n) is 5.17. The van der Waals surface area contributed by atoms with Crippen LogP contribution in [0.5, 0.6) is 0 Å². The Bertz CT molecular complexity index is 1830. The number of thioether (sulfide) groups is 1. The van der Waals surface area contributed by atoms with E-state index in [1.54, 1.807) is 39.9 Å². The molecule has 1 amide bonds. The van der Waals surface area contributed by atoms with E-state index in [1.807, 2.05) is 36.4 Å². The molecule has 4 aromatic rings. The second kappa shape index (κ2) is 18.2. The molecule has 1 aromatic heterocycles. The summed E-state index contributed by atoms with van der Waals surface area (Å²) in [5, 5.41) is 0.328. The van der Waals surface area contributed by atoms with Gasteiger partial charge in [-0.25, -0.2) is 21.9 Å². The van der Waals surface area contributed by atoms with Gasteiger partial charge in [0.05, 0.1) is 6.26 Å². The lowest BCUT2D eigenvalue weighted by molar-refractivity contribution is -0.132. The number of hydrogen-bond acceptors (Lipinski definition) is 7. The third-order valence-corrected chi connectivity index (χ3v) is 9.87. The van der Waals surface area contributed by atoms with Gasteiger partial charge < -0.3 is 14.4 Å². The van der Waals surface area contributed by atoms with Gasteiger partial charge in [0.2, 0.25) is 15.9 Å². The van der Waals surface area contributed by atoms with E-state index in [9.17, 15) is 26.8 Å². The number of nitrogens with zero attached hydrogens (tertiary/aromatic N) is 4. The lowest BCUT2D eigenvalue weighted by Gasteiger charge is -2.27. The predicted octanol–water partition coefficient (Wildman–Crippen LogP) is 5.27. The maximum absolute atomic E-state index is 14.1. The monoisotopic (exact) mass is 711 g/mol. The van der Waals surface area contributed by atoms with Crippen molar-refractivity contribution in [3.05, 3.63) is 117 Å². The molecule has 3 aromatic carbocycles. The van der Waals surface area contributed by atoms with Crippen molar-refractivity contribution < 1.29 is 22.0 Å². The van der Waals surface area contributed by atoms with E-state index in [1.165, 1.54) is 23.9 Å². The third kappa shape index (κ3) is 11.9. The minimum Gasteiger partial charge on any atom is -0.336 e. The van der Waals surface area contributed by atoms with Gasteiger partial charge in [0.15, 0.2) is 5.16 Å². The van der Waals surface area contributed by atoms with Gasteiger partial charge >= 0.3 is 0 Å². The van der Waals surface area contributed by atoms with Crippen LogP contribution in [0.25, 0.3) is 11.1 Å². The first kappa shape index (κ1) is 37.9. The smallest absolute Gasteiger partial charge is 0.276 e. The van der Waals surface area contributed by atoms with Gasteiger partial charge in [0.1, 0.15) is 19.0 Å². The molecule has 0 bridgehead atoms. The zero-order valence-electron chi connectivity index (χ0n) is 28.1. The number of likely N-dealkylation sites (N-methyl/N-ethyl adjacent to an activating group) is 1. The first-order valence-electron chi connectivity index (χ1n) is 16.1. The van der Waals surface area contributed by atoms with Gasteiger partial charge in [-0.05, 0) is 59.5 Å². The number of rotatable bonds is 18. The molecule has 0 spiro atoms. The van der Waals surface area contributed by atoms with E-state index in [2.05, 4.69) is 28.5 Å². The van der Waals surface area contributed by atoms with Crippen LogP contribution in [-0.4, -0.2) is 72.7 Å². The summed E-state index contributed by atoms with van der Waals surface area (Å²) in [5.74, 6) is -0.134. The summed E-state index contributed by atoms with van der Waals surface area (Å²) in [5.41, 5.74) is 4.11. The second-order valence-electron chi connectivity index (χ2n) is 11.7. The molecular formula is C36H43F2N5O4S2. The van der Waals surface area contributed by atoms with E-state index < -0.39 is 22.3 Å². The fourth-order valence-corrected chi connectivity index (χ4v) is 6.56. The average Bonchev–Trinajstić information content (AvgIpc) is 3.09. The van der Waals surface area contributed by atoms with Crippen molar-refractivity contribution in [1.29, 1.82) is 0 Å². The molecule has 0 aliphatic rings. The Morgan fingerprint density at radius 3 is 2.06 bits per heavy atom. The second-order valence-corrected chi connectivity index (χ2v) is 14.5. The number of aromatic nitrogens is 2. The maximum Gasteiger partial charge on any atom is 0.276 e. The summed E-state index contributed by atoms with van der Waals surface area (Å²) >= 11 is 1.26. The quantitative estimate of drug-likeness (QED) is 0.111. The molecule has 4 rings (SSSR count). The topological polar surface area (TPSA) is 105 Å². The SMILES string of the molecule is CCN(CC)CCN(Cc1ccc(-c2ccc(CF)cc2)cc1)C(=O)Cn1cc(CCNS(C)(=O)=O)c(=O)nc1SCc1ccc(F)cc1. The molecule has 0 fully saturated rings. The van der Waals surface area contributed by atoms with E-state index in [0.29, 0.717) is 36.1 Å². The number of halogens is 2. The van der Waals surface area contributed by atoms with E-state index in [-0.39, 0.29) is 36.8 Å². The molecule has 1 N–H and O–H groups in total. The van der Waals surface area contributed by atoms with Crippen molar-refractivity contribution in [2.75, 3.05) is 39.0 Å². The Labute approximate surface area is 291 Å². The van der Waals surface area contributed by atoms with Gasteiger partial charge in [0.25, 0.3) is 5.56 Å². The molecule has 0 atom stereocenters. The van der Waals surface area contributed by atoms with E-state index in [0.717, 1.165) is 41.6 Å². The summed E-state index contributed by atoms with van der Waals surface area (Å²) in [7, 11) is -3.46. The molecule has 262 valence electrons. The van der Waals surface area contributed by atoms with Crippen LogP contribution < -0.4 is 10.3 Å². The number of nitrogens with one attached hydrogen (secondary N) is 1. The Balaban J connectivity index is 1.59. The highest BCUT2D eigenvalue weighted by Gasteiger charge is 2.19. The molecule has 9 nitrogen and oxygen atoms in total. The highest BCUT2D eigenvalue weighted by atomic mass is 32.2. The maximum atomic E-state index is 14.1. The van der Waals surface area contributed by atoms with Crippen molar-refractivity contribution in [2.45, 2.75) is 50.9 Å². The van der Waals surface area contributed by atoms with Crippen LogP contribution in [0.2, 0.25) is 0 Å². The molecule has 1 heterocycles. The fraction of sp³-hybridized carbons (Fsp3) is 0.361. The number of alkyl halides is 1. The number of carbonyl (C=O) groups excluding carboxylic acids is 1. The summed E-state index contributed by atoms with van der Waals surface area (Å²) in [4.78, 5) is 35.4. The van der Waals surface area contributed by atoms with E-state index in [4.69, 9.17) is 0 Å². The van der Waals surface area contributed by atoms with Crippen molar-refractivity contribution in [1.82, 2.24) is 24.1 Å². The van der Waals surface area contributed by atoms with Crippen LogP contribution >= 0.6 is 11.8 Å². The Morgan fingerprint density at radius 2 is 1.49 bits per heavy atom. The van der Waals surface area contributed by atoms with Crippen molar-refractivity contribution in [3.8, 4) is 11.1 Å². The number of hydrogen-bond donors (Lipinski definition) is 1. The molecule has 13 heteroatoms. The van der Waals surface area contributed by atoms with Crippen molar-refractivity contribution in [3.63, 3.8) is 0 Å². The van der Waals surface area contributed by atoms with Gasteiger partial charge in [-0.15, -0.1) is 0 Å². The minimum absolute atomic E-state index is 0.0117. The Morgan fingerprint density at radius 1 is 0.898 bits per heavy atom. The normalized spacial score (nSPS) is 11.6. The number of benzene rings is 3. The van der Waals surface area contributed by atoms with Crippen molar-refractivity contribution >= 4 is 27.7 Å². The molecule has 0 saturated heterocycles. The third-order valence-electron chi connectivity index (χ3n) is 8.08. The van der Waals surface area contributed by atoms with Crippen LogP contribution in [-0.2, 0) is 46.8 Å². The lowest BCUT2D eigenvalue weighted by Crippen LogP contribution is -2.40. The van der Waals surface area contributed by atoms with Crippen LogP contribution in [0.15, 0.2) is 88.9 Å². The summed E-state index contributed by atoms with van der Waals surface area (Å²) in [6.07, 6.45) is 2.73. The van der Waals surface area contributed by atoms with Gasteiger partial charge in [-0.2, -0.15) is 4.98 Å². The predicted molar refractivity (Wildman–Crippen MR) is 191 cm³/mol. The van der Waals surface area contributed by atoms with Crippen molar-refractivity contribution in [2.24, 2.45) is 0 Å².